The average molecular weight is 278 g/mol. The summed E-state index contributed by atoms with van der Waals surface area (Å²) in [6, 6.07) is 5.16. The fraction of sp³-hybridized carbons (Fsp3) is 0.429. The number of amides is 1. The first kappa shape index (κ1) is 14.2. The van der Waals surface area contributed by atoms with E-state index in [0.717, 1.165) is 12.8 Å². The Morgan fingerprint density at radius 2 is 2.10 bits per heavy atom. The predicted octanol–water partition coefficient (Wildman–Crippen LogP) is 1.05. The lowest BCUT2D eigenvalue weighted by Crippen LogP contribution is -2.33. The van der Waals surface area contributed by atoms with Crippen LogP contribution in [-0.2, 0) is 9.53 Å². The van der Waals surface area contributed by atoms with Crippen molar-refractivity contribution in [2.75, 3.05) is 26.5 Å². The van der Waals surface area contributed by atoms with Gasteiger partial charge in [0.05, 0.1) is 7.11 Å². The maximum Gasteiger partial charge on any atom is 0.344 e. The molecule has 0 unspecified atom stereocenters. The number of hydrogen-bond acceptors (Lipinski definition) is 5. The molecule has 1 saturated carbocycles. The van der Waals surface area contributed by atoms with Gasteiger partial charge in [0.25, 0.3) is 5.91 Å². The highest BCUT2D eigenvalue weighted by Gasteiger charge is 2.30. The fourth-order valence-electron chi connectivity index (χ4n) is 1.90. The third-order valence-electron chi connectivity index (χ3n) is 3.30. The van der Waals surface area contributed by atoms with Gasteiger partial charge in [0, 0.05) is 18.8 Å². The Hall–Kier alpha value is -2.24. The Bertz CT molecular complexity index is 526. The van der Waals surface area contributed by atoms with Crippen LogP contribution in [0.5, 0.6) is 5.75 Å². The maximum atomic E-state index is 12.0. The molecule has 1 fully saturated rings. The van der Waals surface area contributed by atoms with Crippen molar-refractivity contribution < 1.29 is 19.1 Å². The molecule has 20 heavy (non-hydrogen) atoms. The smallest absolute Gasteiger partial charge is 0.344 e. The number of nitrogens with two attached hydrogens (primary N) is 1. The monoisotopic (exact) mass is 278 g/mol. The summed E-state index contributed by atoms with van der Waals surface area (Å²) in [6.45, 7) is -0.288. The molecule has 0 aliphatic heterocycles. The molecule has 2 rings (SSSR count). The van der Waals surface area contributed by atoms with Gasteiger partial charge in [0.2, 0.25) is 0 Å². The lowest BCUT2D eigenvalue weighted by atomic mass is 10.1. The van der Waals surface area contributed by atoms with Gasteiger partial charge in [0.1, 0.15) is 11.3 Å². The summed E-state index contributed by atoms with van der Waals surface area (Å²) in [6.07, 6.45) is 2.02. The predicted molar refractivity (Wildman–Crippen MR) is 73.5 cm³/mol. The lowest BCUT2D eigenvalue weighted by Gasteiger charge is -2.16. The Labute approximate surface area is 117 Å². The van der Waals surface area contributed by atoms with Crippen molar-refractivity contribution in [3.05, 3.63) is 23.8 Å². The van der Waals surface area contributed by atoms with Crippen LogP contribution in [0.1, 0.15) is 23.2 Å². The second-order valence-corrected chi connectivity index (χ2v) is 4.74. The largest absolute Gasteiger partial charge is 0.496 e. The molecule has 1 aromatic rings. The van der Waals surface area contributed by atoms with Gasteiger partial charge in [-0.05, 0) is 25.0 Å². The van der Waals surface area contributed by atoms with Gasteiger partial charge in [0.15, 0.2) is 6.61 Å². The van der Waals surface area contributed by atoms with E-state index in [-0.39, 0.29) is 29.8 Å². The molecule has 6 nitrogen and oxygen atoms in total. The highest BCUT2D eigenvalue weighted by molar-refractivity contribution is 5.99. The first-order chi connectivity index (χ1) is 9.54. The SMILES string of the molecule is COc1cccc(N)c1C(=O)OCC(=O)N(C)C1CC1. The Morgan fingerprint density at radius 3 is 2.70 bits per heavy atom. The number of rotatable bonds is 5. The van der Waals surface area contributed by atoms with Crippen LogP contribution in [0.2, 0.25) is 0 Å². The van der Waals surface area contributed by atoms with Crippen LogP contribution < -0.4 is 10.5 Å². The molecular formula is C14H18N2O4. The number of nitrogen functional groups attached to an aromatic ring is 1. The van der Waals surface area contributed by atoms with Crippen LogP contribution in [0.4, 0.5) is 5.69 Å². The topological polar surface area (TPSA) is 81.9 Å². The van der Waals surface area contributed by atoms with Crippen molar-refractivity contribution in [2.45, 2.75) is 18.9 Å². The average Bonchev–Trinajstić information content (AvgIpc) is 3.27. The summed E-state index contributed by atoms with van der Waals surface area (Å²) >= 11 is 0. The molecule has 108 valence electrons. The molecule has 0 heterocycles. The summed E-state index contributed by atoms with van der Waals surface area (Å²) in [7, 11) is 3.16. The van der Waals surface area contributed by atoms with Crippen molar-refractivity contribution in [3.63, 3.8) is 0 Å². The molecule has 2 N–H and O–H groups in total. The van der Waals surface area contributed by atoms with Gasteiger partial charge >= 0.3 is 5.97 Å². The van der Waals surface area contributed by atoms with Crippen LogP contribution >= 0.6 is 0 Å². The number of likely N-dealkylation sites (N-methyl/N-ethyl adjacent to an activating group) is 1. The molecule has 6 heteroatoms. The first-order valence-electron chi connectivity index (χ1n) is 6.40. The standard InChI is InChI=1S/C14H18N2O4/c1-16(9-6-7-9)12(17)8-20-14(18)13-10(15)4-3-5-11(13)19-2/h3-5,9H,6-8,15H2,1-2H3. The third-order valence-corrected chi connectivity index (χ3v) is 3.30. The molecule has 1 aliphatic rings. The number of nitrogens with zero attached hydrogens (tertiary/aromatic N) is 1. The molecule has 1 amide bonds. The number of methoxy groups -OCH3 is 1. The number of ether oxygens (including phenoxy) is 2. The summed E-state index contributed by atoms with van der Waals surface area (Å²) in [5, 5.41) is 0. The summed E-state index contributed by atoms with van der Waals surface area (Å²) in [5.41, 5.74) is 6.16. The van der Waals surface area contributed by atoms with Gasteiger partial charge in [-0.15, -0.1) is 0 Å². The van der Waals surface area contributed by atoms with E-state index in [1.54, 1.807) is 30.1 Å². The van der Waals surface area contributed by atoms with Crippen molar-refractivity contribution in [2.24, 2.45) is 0 Å². The minimum Gasteiger partial charge on any atom is -0.496 e. The zero-order chi connectivity index (χ0) is 14.7. The van der Waals surface area contributed by atoms with E-state index in [0.29, 0.717) is 5.75 Å². The molecule has 0 radical (unpaired) electrons. The number of esters is 1. The minimum atomic E-state index is -0.655. The molecule has 0 saturated heterocycles. The normalized spacial score (nSPS) is 13.7. The van der Waals surface area contributed by atoms with E-state index in [9.17, 15) is 9.59 Å². The summed E-state index contributed by atoms with van der Waals surface area (Å²) in [4.78, 5) is 25.4. The van der Waals surface area contributed by atoms with Crippen LogP contribution in [0.15, 0.2) is 18.2 Å². The fourth-order valence-corrected chi connectivity index (χ4v) is 1.90. The van der Waals surface area contributed by atoms with Gasteiger partial charge in [-0.3, -0.25) is 4.79 Å². The molecule has 0 bridgehead atoms. The Morgan fingerprint density at radius 1 is 1.40 bits per heavy atom. The second-order valence-electron chi connectivity index (χ2n) is 4.74. The van der Waals surface area contributed by atoms with Gasteiger partial charge in [-0.25, -0.2) is 4.79 Å². The Balaban J connectivity index is 1.99. The zero-order valence-electron chi connectivity index (χ0n) is 11.6. The van der Waals surface area contributed by atoms with Crippen molar-refractivity contribution >= 4 is 17.6 Å². The Kier molecular flexibility index (Phi) is 4.12. The van der Waals surface area contributed by atoms with E-state index in [1.165, 1.54) is 7.11 Å². The molecular weight excluding hydrogens is 260 g/mol. The number of carbonyl (C=O) groups excluding carboxylic acids is 2. The first-order valence-corrected chi connectivity index (χ1v) is 6.40. The van der Waals surface area contributed by atoms with Crippen molar-refractivity contribution in [3.8, 4) is 5.75 Å². The quantitative estimate of drug-likeness (QED) is 0.643. The highest BCUT2D eigenvalue weighted by Crippen LogP contribution is 2.26. The third kappa shape index (κ3) is 3.01. The molecule has 0 aromatic heterocycles. The van der Waals surface area contributed by atoms with Crippen LogP contribution in [0.3, 0.4) is 0 Å². The van der Waals surface area contributed by atoms with Crippen molar-refractivity contribution in [1.82, 2.24) is 4.90 Å². The zero-order valence-corrected chi connectivity index (χ0v) is 11.6. The van der Waals surface area contributed by atoms with Gasteiger partial charge in [-0.1, -0.05) is 6.07 Å². The van der Waals surface area contributed by atoms with Crippen LogP contribution in [0, 0.1) is 0 Å². The van der Waals surface area contributed by atoms with Crippen LogP contribution in [0.25, 0.3) is 0 Å². The van der Waals surface area contributed by atoms with E-state index >= 15 is 0 Å². The molecule has 0 spiro atoms. The van der Waals surface area contributed by atoms with E-state index in [1.807, 2.05) is 0 Å². The van der Waals surface area contributed by atoms with E-state index in [2.05, 4.69) is 0 Å². The minimum absolute atomic E-state index is 0.150. The molecule has 1 aliphatic carbocycles. The van der Waals surface area contributed by atoms with E-state index in [4.69, 9.17) is 15.2 Å². The van der Waals surface area contributed by atoms with E-state index < -0.39 is 5.97 Å². The number of carbonyl (C=O) groups is 2. The number of hydrogen-bond donors (Lipinski definition) is 1. The lowest BCUT2D eigenvalue weighted by molar-refractivity contribution is -0.133. The van der Waals surface area contributed by atoms with Gasteiger partial charge < -0.3 is 20.1 Å². The second kappa shape index (κ2) is 5.81. The van der Waals surface area contributed by atoms with Crippen molar-refractivity contribution in [1.29, 1.82) is 0 Å². The molecule has 0 atom stereocenters. The summed E-state index contributed by atoms with van der Waals surface area (Å²) < 4.78 is 10.1. The number of anilines is 1. The van der Waals surface area contributed by atoms with Gasteiger partial charge in [-0.2, -0.15) is 0 Å². The maximum absolute atomic E-state index is 12.0. The highest BCUT2D eigenvalue weighted by atomic mass is 16.5. The summed E-state index contributed by atoms with van der Waals surface area (Å²) in [5.74, 6) is -0.537. The van der Waals surface area contributed by atoms with Crippen LogP contribution in [-0.4, -0.2) is 43.6 Å². The number of benzene rings is 1. The molecule has 1 aromatic carbocycles.